The molecule has 1 fully saturated rings. The van der Waals surface area contributed by atoms with E-state index in [4.69, 9.17) is 21.1 Å². The van der Waals surface area contributed by atoms with Crippen LogP contribution in [-0.2, 0) is 0 Å². The van der Waals surface area contributed by atoms with E-state index in [2.05, 4.69) is 9.97 Å². The van der Waals surface area contributed by atoms with E-state index in [-0.39, 0.29) is 0 Å². The molecule has 0 radical (unpaired) electrons. The highest BCUT2D eigenvalue weighted by atomic mass is 35.5. The summed E-state index contributed by atoms with van der Waals surface area (Å²) in [5.74, 6) is 2.59. The number of methoxy groups -OCH3 is 2. The lowest BCUT2D eigenvalue weighted by Crippen LogP contribution is -1.97. The third-order valence-electron chi connectivity index (χ3n) is 3.11. The van der Waals surface area contributed by atoms with Gasteiger partial charge in [-0.1, -0.05) is 25.4 Å². The number of hydrogen-bond acceptors (Lipinski definition) is 4. The molecule has 108 valence electrons. The first-order chi connectivity index (χ1) is 9.72. The van der Waals surface area contributed by atoms with Gasteiger partial charge >= 0.3 is 0 Å². The van der Waals surface area contributed by atoms with Crippen molar-refractivity contribution in [3.8, 4) is 11.5 Å². The molecule has 20 heavy (non-hydrogen) atoms. The van der Waals surface area contributed by atoms with Crippen molar-refractivity contribution in [2.24, 2.45) is 0 Å². The van der Waals surface area contributed by atoms with Crippen LogP contribution in [0.15, 0.2) is 12.1 Å². The molecule has 2 aromatic rings. The normalized spacial score (nSPS) is 13.7. The molecular formula is C15H19ClN2O2. The lowest BCUT2D eigenvalue weighted by molar-refractivity contribution is 0.355. The van der Waals surface area contributed by atoms with E-state index in [9.17, 15) is 0 Å². The lowest BCUT2D eigenvalue weighted by atomic mass is 10.2. The van der Waals surface area contributed by atoms with Crippen LogP contribution in [0.1, 0.15) is 38.4 Å². The molecule has 0 amide bonds. The number of rotatable bonds is 3. The Morgan fingerprint density at radius 1 is 1.05 bits per heavy atom. The number of fused-ring (bicyclic) bond motifs is 1. The Morgan fingerprint density at radius 3 is 2.20 bits per heavy atom. The summed E-state index contributed by atoms with van der Waals surface area (Å²) in [6, 6.07) is 3.65. The van der Waals surface area contributed by atoms with Crippen molar-refractivity contribution in [2.75, 3.05) is 14.2 Å². The van der Waals surface area contributed by atoms with Crippen molar-refractivity contribution in [1.82, 2.24) is 9.97 Å². The van der Waals surface area contributed by atoms with Crippen LogP contribution in [0.4, 0.5) is 0 Å². The second-order valence-corrected chi connectivity index (χ2v) is 4.73. The second-order valence-electron chi connectivity index (χ2n) is 4.37. The highest BCUT2D eigenvalue weighted by Crippen LogP contribution is 2.40. The minimum absolute atomic E-state index is 0.472. The standard InChI is InChI=1S/C13H13ClN2O2.C2H6/c1-17-10-5-8-9(6-11(10)18-2)15-13(7-3-4-7)16-12(8)14;1-2/h5-7H,3-4H2,1-2H3;1-2H3. The molecule has 1 heterocycles. The fourth-order valence-corrected chi connectivity index (χ4v) is 2.20. The number of halogens is 1. The Bertz CT molecular complexity index is 612. The van der Waals surface area contributed by atoms with Crippen LogP contribution in [0.2, 0.25) is 5.15 Å². The molecule has 3 rings (SSSR count). The minimum atomic E-state index is 0.472. The van der Waals surface area contributed by atoms with Crippen molar-refractivity contribution in [3.05, 3.63) is 23.1 Å². The Labute approximate surface area is 124 Å². The maximum atomic E-state index is 6.21. The highest BCUT2D eigenvalue weighted by Gasteiger charge is 2.27. The van der Waals surface area contributed by atoms with Crippen LogP contribution >= 0.6 is 11.6 Å². The number of hydrogen-bond donors (Lipinski definition) is 0. The Balaban J connectivity index is 0.000000704. The van der Waals surface area contributed by atoms with Crippen LogP contribution in [0.3, 0.4) is 0 Å². The van der Waals surface area contributed by atoms with Gasteiger partial charge in [0.25, 0.3) is 0 Å². The molecule has 5 heteroatoms. The summed E-state index contributed by atoms with van der Waals surface area (Å²) in [6.07, 6.45) is 2.30. The first-order valence-electron chi connectivity index (χ1n) is 6.82. The lowest BCUT2D eigenvalue weighted by Gasteiger charge is -2.10. The summed E-state index contributed by atoms with van der Waals surface area (Å²) in [6.45, 7) is 4.00. The van der Waals surface area contributed by atoms with Gasteiger partial charge in [0.15, 0.2) is 11.5 Å². The van der Waals surface area contributed by atoms with Crippen molar-refractivity contribution in [1.29, 1.82) is 0 Å². The first-order valence-corrected chi connectivity index (χ1v) is 7.20. The molecule has 1 aliphatic carbocycles. The van der Waals surface area contributed by atoms with E-state index >= 15 is 0 Å². The van der Waals surface area contributed by atoms with Gasteiger partial charge in [0.2, 0.25) is 0 Å². The zero-order valence-electron chi connectivity index (χ0n) is 12.2. The van der Waals surface area contributed by atoms with Crippen LogP contribution in [0.5, 0.6) is 11.5 Å². The number of nitrogens with zero attached hydrogens (tertiary/aromatic N) is 2. The molecule has 1 saturated carbocycles. The fourth-order valence-electron chi connectivity index (χ4n) is 1.96. The monoisotopic (exact) mass is 294 g/mol. The van der Waals surface area contributed by atoms with E-state index in [1.165, 1.54) is 0 Å². The maximum absolute atomic E-state index is 6.21. The van der Waals surface area contributed by atoms with Gasteiger partial charge in [0.1, 0.15) is 11.0 Å². The Morgan fingerprint density at radius 2 is 1.65 bits per heavy atom. The molecule has 1 aromatic carbocycles. The van der Waals surface area contributed by atoms with E-state index in [1.54, 1.807) is 14.2 Å². The van der Waals surface area contributed by atoms with Crippen molar-refractivity contribution in [2.45, 2.75) is 32.6 Å². The third kappa shape index (κ3) is 2.80. The van der Waals surface area contributed by atoms with Gasteiger partial charge in [0.05, 0.1) is 19.7 Å². The van der Waals surface area contributed by atoms with E-state index in [1.807, 2.05) is 26.0 Å². The first kappa shape index (κ1) is 14.9. The molecule has 0 saturated heterocycles. The van der Waals surface area contributed by atoms with Gasteiger partial charge in [0, 0.05) is 17.4 Å². The van der Waals surface area contributed by atoms with Crippen LogP contribution in [-0.4, -0.2) is 24.2 Å². The predicted molar refractivity (Wildman–Crippen MR) is 81.0 cm³/mol. The van der Waals surface area contributed by atoms with Gasteiger partial charge in [-0.15, -0.1) is 0 Å². The van der Waals surface area contributed by atoms with Gasteiger partial charge in [-0.2, -0.15) is 0 Å². The van der Waals surface area contributed by atoms with Crippen LogP contribution < -0.4 is 9.47 Å². The van der Waals surface area contributed by atoms with Gasteiger partial charge in [-0.3, -0.25) is 0 Å². The van der Waals surface area contributed by atoms with Crippen LogP contribution in [0.25, 0.3) is 10.9 Å². The van der Waals surface area contributed by atoms with E-state index in [0.29, 0.717) is 22.6 Å². The summed E-state index contributed by atoms with van der Waals surface area (Å²) >= 11 is 6.21. The van der Waals surface area contributed by atoms with Crippen LogP contribution in [0, 0.1) is 0 Å². The molecule has 0 unspecified atom stereocenters. The minimum Gasteiger partial charge on any atom is -0.493 e. The average Bonchev–Trinajstić information content (AvgIpc) is 3.32. The zero-order valence-corrected chi connectivity index (χ0v) is 13.0. The van der Waals surface area contributed by atoms with Gasteiger partial charge in [-0.05, 0) is 18.9 Å². The van der Waals surface area contributed by atoms with Crippen molar-refractivity contribution < 1.29 is 9.47 Å². The maximum Gasteiger partial charge on any atom is 0.162 e. The highest BCUT2D eigenvalue weighted by molar-refractivity contribution is 6.34. The summed E-state index contributed by atoms with van der Waals surface area (Å²) < 4.78 is 10.5. The average molecular weight is 295 g/mol. The summed E-state index contributed by atoms with van der Waals surface area (Å²) in [5.41, 5.74) is 0.801. The van der Waals surface area contributed by atoms with Gasteiger partial charge in [-0.25, -0.2) is 9.97 Å². The summed E-state index contributed by atoms with van der Waals surface area (Å²) in [4.78, 5) is 8.90. The number of ether oxygens (including phenoxy) is 2. The Hall–Kier alpha value is -1.55. The molecule has 1 aromatic heterocycles. The van der Waals surface area contributed by atoms with Crippen molar-refractivity contribution in [3.63, 3.8) is 0 Å². The largest absolute Gasteiger partial charge is 0.493 e. The molecule has 0 aliphatic heterocycles. The molecule has 4 nitrogen and oxygen atoms in total. The molecule has 0 atom stereocenters. The third-order valence-corrected chi connectivity index (χ3v) is 3.40. The molecule has 0 N–H and O–H groups in total. The number of aromatic nitrogens is 2. The summed E-state index contributed by atoms with van der Waals surface area (Å²) in [5, 5.41) is 1.27. The quantitative estimate of drug-likeness (QED) is 0.796. The molecule has 0 spiro atoms. The molecule has 0 bridgehead atoms. The topological polar surface area (TPSA) is 44.2 Å². The Kier molecular flexibility index (Phi) is 4.65. The van der Waals surface area contributed by atoms with Gasteiger partial charge < -0.3 is 9.47 Å². The zero-order chi connectivity index (χ0) is 14.7. The smallest absolute Gasteiger partial charge is 0.162 e. The fraction of sp³-hybridized carbons (Fsp3) is 0.467. The molecule has 1 aliphatic rings. The van der Waals surface area contributed by atoms with E-state index < -0.39 is 0 Å². The molecular weight excluding hydrogens is 276 g/mol. The van der Waals surface area contributed by atoms with Crippen molar-refractivity contribution >= 4 is 22.5 Å². The summed E-state index contributed by atoms with van der Waals surface area (Å²) in [7, 11) is 3.20. The second kappa shape index (κ2) is 6.27. The van der Waals surface area contributed by atoms with E-state index in [0.717, 1.165) is 29.6 Å². The SMILES string of the molecule is CC.COc1cc2nc(C3CC3)nc(Cl)c2cc1OC. The predicted octanol–water partition coefficient (Wildman–Crippen LogP) is 4.20. The number of benzene rings is 1.